The summed E-state index contributed by atoms with van der Waals surface area (Å²) in [4.78, 5) is 12.3. The van der Waals surface area contributed by atoms with Gasteiger partial charge in [-0.3, -0.25) is 0 Å². The van der Waals surface area contributed by atoms with Gasteiger partial charge in [0.15, 0.2) is 6.10 Å². The van der Waals surface area contributed by atoms with Crippen LogP contribution in [0.2, 0.25) is 0 Å². The molecule has 2 aromatic rings. The molecule has 0 atom stereocenters. The largest absolute Gasteiger partial charge is 0.451 e. The Morgan fingerprint density at radius 3 is 1.85 bits per heavy atom. The standard InChI is InChI=1S/C24H32O3/c1-2-3-4-5-6-7-14-19-26-20-23(25)27-24(21-15-10-8-11-16-21)22-17-12-9-13-18-22/h8-13,15-18,24H,2-7,14,19-20H2,1H3. The van der Waals surface area contributed by atoms with Gasteiger partial charge in [0, 0.05) is 6.61 Å². The van der Waals surface area contributed by atoms with Gasteiger partial charge in [0.1, 0.15) is 6.61 Å². The van der Waals surface area contributed by atoms with Gasteiger partial charge in [-0.15, -0.1) is 0 Å². The van der Waals surface area contributed by atoms with Gasteiger partial charge < -0.3 is 9.47 Å². The van der Waals surface area contributed by atoms with E-state index in [1.54, 1.807) is 0 Å². The number of carbonyl (C=O) groups is 1. The van der Waals surface area contributed by atoms with Crippen molar-refractivity contribution in [3.63, 3.8) is 0 Å². The number of ether oxygens (including phenoxy) is 2. The highest BCUT2D eigenvalue weighted by Crippen LogP contribution is 2.25. The Morgan fingerprint density at radius 1 is 0.778 bits per heavy atom. The van der Waals surface area contributed by atoms with Crippen LogP contribution in [0.4, 0.5) is 0 Å². The molecule has 0 fully saturated rings. The third-order valence-electron chi connectivity index (χ3n) is 4.57. The van der Waals surface area contributed by atoms with E-state index in [2.05, 4.69) is 6.92 Å². The lowest BCUT2D eigenvalue weighted by Gasteiger charge is -2.19. The SMILES string of the molecule is CCCCCCCCCOCC(=O)OC(c1ccccc1)c1ccccc1. The number of hydrogen-bond acceptors (Lipinski definition) is 3. The van der Waals surface area contributed by atoms with Crippen molar-refractivity contribution < 1.29 is 14.3 Å². The molecule has 0 saturated heterocycles. The molecule has 3 nitrogen and oxygen atoms in total. The summed E-state index contributed by atoms with van der Waals surface area (Å²) in [5.41, 5.74) is 1.92. The number of unbranched alkanes of at least 4 members (excludes halogenated alkanes) is 6. The maximum absolute atomic E-state index is 12.3. The van der Waals surface area contributed by atoms with Crippen molar-refractivity contribution in [1.82, 2.24) is 0 Å². The van der Waals surface area contributed by atoms with Crippen molar-refractivity contribution in [2.45, 2.75) is 58.0 Å². The molecular weight excluding hydrogens is 336 g/mol. The molecule has 0 N–H and O–H groups in total. The van der Waals surface area contributed by atoms with Crippen LogP contribution in [0.3, 0.4) is 0 Å². The van der Waals surface area contributed by atoms with E-state index in [-0.39, 0.29) is 12.6 Å². The second kappa shape index (κ2) is 13.1. The van der Waals surface area contributed by atoms with Crippen LogP contribution in [0.25, 0.3) is 0 Å². The van der Waals surface area contributed by atoms with E-state index in [1.165, 1.54) is 32.1 Å². The van der Waals surface area contributed by atoms with Crippen molar-refractivity contribution in [1.29, 1.82) is 0 Å². The fourth-order valence-electron chi connectivity index (χ4n) is 3.07. The van der Waals surface area contributed by atoms with Gasteiger partial charge in [0.05, 0.1) is 0 Å². The van der Waals surface area contributed by atoms with E-state index >= 15 is 0 Å². The fourth-order valence-corrected chi connectivity index (χ4v) is 3.07. The highest BCUT2D eigenvalue weighted by molar-refractivity contribution is 5.71. The number of hydrogen-bond donors (Lipinski definition) is 0. The summed E-state index contributed by atoms with van der Waals surface area (Å²) >= 11 is 0. The van der Waals surface area contributed by atoms with Crippen LogP contribution in [0.15, 0.2) is 60.7 Å². The van der Waals surface area contributed by atoms with Crippen LogP contribution in [0.1, 0.15) is 69.1 Å². The Hall–Kier alpha value is -2.13. The molecule has 0 aliphatic rings. The third-order valence-corrected chi connectivity index (χ3v) is 4.57. The average Bonchev–Trinajstić information content (AvgIpc) is 2.72. The van der Waals surface area contributed by atoms with Crippen molar-refractivity contribution in [3.05, 3.63) is 71.8 Å². The number of esters is 1. The smallest absolute Gasteiger partial charge is 0.333 e. The Labute approximate surface area is 163 Å². The van der Waals surface area contributed by atoms with Gasteiger partial charge >= 0.3 is 5.97 Å². The molecule has 27 heavy (non-hydrogen) atoms. The first-order chi connectivity index (χ1) is 13.3. The molecule has 0 aliphatic heterocycles. The van der Waals surface area contributed by atoms with Crippen LogP contribution < -0.4 is 0 Å². The van der Waals surface area contributed by atoms with Gasteiger partial charge in [0.25, 0.3) is 0 Å². The van der Waals surface area contributed by atoms with Crippen molar-refractivity contribution >= 4 is 5.97 Å². The zero-order valence-electron chi connectivity index (χ0n) is 16.4. The predicted molar refractivity (Wildman–Crippen MR) is 110 cm³/mol. The highest BCUT2D eigenvalue weighted by atomic mass is 16.6. The first-order valence-electron chi connectivity index (χ1n) is 10.2. The summed E-state index contributed by atoms with van der Waals surface area (Å²) in [6.07, 6.45) is 8.23. The summed E-state index contributed by atoms with van der Waals surface area (Å²) in [5.74, 6) is -0.323. The molecule has 0 saturated carbocycles. The number of rotatable bonds is 13. The van der Waals surface area contributed by atoms with Crippen molar-refractivity contribution in [2.24, 2.45) is 0 Å². The molecule has 3 heteroatoms. The van der Waals surface area contributed by atoms with E-state index in [1.807, 2.05) is 60.7 Å². The molecule has 0 bridgehead atoms. The maximum atomic E-state index is 12.3. The Bertz CT molecular complexity index is 585. The van der Waals surface area contributed by atoms with Gasteiger partial charge in [-0.25, -0.2) is 4.79 Å². The molecule has 2 rings (SSSR count). The topological polar surface area (TPSA) is 35.5 Å². The van der Waals surface area contributed by atoms with Gasteiger partial charge in [-0.1, -0.05) is 106 Å². The minimum atomic E-state index is -0.401. The second-order valence-electron chi connectivity index (χ2n) is 6.87. The van der Waals surface area contributed by atoms with Gasteiger partial charge in [-0.05, 0) is 17.5 Å². The van der Waals surface area contributed by atoms with Crippen LogP contribution in [-0.4, -0.2) is 19.2 Å². The van der Waals surface area contributed by atoms with E-state index in [0.717, 1.165) is 24.0 Å². The molecule has 0 aromatic heterocycles. The summed E-state index contributed by atoms with van der Waals surface area (Å²) in [5, 5.41) is 0. The zero-order valence-corrected chi connectivity index (χ0v) is 16.4. The molecule has 0 radical (unpaired) electrons. The minimum absolute atomic E-state index is 0.00595. The molecule has 0 amide bonds. The van der Waals surface area contributed by atoms with Crippen LogP contribution in [0, 0.1) is 0 Å². The molecule has 0 unspecified atom stereocenters. The summed E-state index contributed by atoms with van der Waals surface area (Å²) in [6.45, 7) is 2.85. The number of carbonyl (C=O) groups excluding carboxylic acids is 1. The molecule has 0 heterocycles. The molecular formula is C24H32O3. The lowest BCUT2D eigenvalue weighted by molar-refractivity contribution is -0.153. The van der Waals surface area contributed by atoms with E-state index in [9.17, 15) is 4.79 Å². The van der Waals surface area contributed by atoms with Crippen LogP contribution >= 0.6 is 0 Å². The van der Waals surface area contributed by atoms with Gasteiger partial charge in [0.2, 0.25) is 0 Å². The first kappa shape index (κ1) is 21.2. The Kier molecular flexibility index (Phi) is 10.3. The first-order valence-corrected chi connectivity index (χ1v) is 10.2. The van der Waals surface area contributed by atoms with Crippen LogP contribution in [-0.2, 0) is 14.3 Å². The van der Waals surface area contributed by atoms with E-state index in [0.29, 0.717) is 6.61 Å². The highest BCUT2D eigenvalue weighted by Gasteiger charge is 2.18. The predicted octanol–water partition coefficient (Wildman–Crippen LogP) is 6.09. The maximum Gasteiger partial charge on any atom is 0.333 e. The summed E-state index contributed by atoms with van der Waals surface area (Å²) in [7, 11) is 0. The minimum Gasteiger partial charge on any atom is -0.451 e. The van der Waals surface area contributed by atoms with Crippen LogP contribution in [0.5, 0.6) is 0 Å². The summed E-state index contributed by atoms with van der Waals surface area (Å²) in [6, 6.07) is 19.6. The molecule has 0 aliphatic carbocycles. The monoisotopic (exact) mass is 368 g/mol. The van der Waals surface area contributed by atoms with Crippen molar-refractivity contribution in [3.8, 4) is 0 Å². The molecule has 2 aromatic carbocycles. The molecule has 0 spiro atoms. The lowest BCUT2D eigenvalue weighted by atomic mass is 10.0. The number of benzene rings is 2. The fraction of sp³-hybridized carbons (Fsp3) is 0.458. The summed E-state index contributed by atoms with van der Waals surface area (Å²) < 4.78 is 11.3. The third kappa shape index (κ3) is 8.40. The van der Waals surface area contributed by atoms with Gasteiger partial charge in [-0.2, -0.15) is 0 Å². The Balaban J connectivity index is 1.73. The normalized spacial score (nSPS) is 10.9. The average molecular weight is 369 g/mol. The lowest BCUT2D eigenvalue weighted by Crippen LogP contribution is -2.17. The zero-order chi connectivity index (χ0) is 19.2. The van der Waals surface area contributed by atoms with Crippen molar-refractivity contribution in [2.75, 3.05) is 13.2 Å². The second-order valence-corrected chi connectivity index (χ2v) is 6.87. The van der Waals surface area contributed by atoms with E-state index < -0.39 is 6.10 Å². The van der Waals surface area contributed by atoms with E-state index in [4.69, 9.17) is 9.47 Å². The quantitative estimate of drug-likeness (QED) is 0.317. The Morgan fingerprint density at radius 2 is 1.30 bits per heavy atom. The molecule has 146 valence electrons.